The first-order valence-electron chi connectivity index (χ1n) is 12.0. The lowest BCUT2D eigenvalue weighted by Gasteiger charge is -2.14. The standard InChI is InChI=1S/C29H23FN4O4/c1-3-37-29(35)26-24(19-8-6-11-32-28(19)36-2)25-22(14-20(30)18-10-12-38-27(18)25)34(26)15-16-13-23(31)33-21-9-5-4-7-17(16)21/h4-14H,3,15H2,1-2H3,(H2,31,33). The van der Waals surface area contributed by atoms with E-state index < -0.39 is 11.8 Å². The second-order valence-electron chi connectivity index (χ2n) is 8.73. The fraction of sp³-hybridized carbons (Fsp3) is 0.138. The molecule has 0 radical (unpaired) electrons. The van der Waals surface area contributed by atoms with Crippen molar-refractivity contribution < 1.29 is 23.1 Å². The number of nitrogens with two attached hydrogens (primary N) is 1. The van der Waals surface area contributed by atoms with E-state index in [2.05, 4.69) is 9.97 Å². The maximum Gasteiger partial charge on any atom is 0.355 e. The molecule has 9 heteroatoms. The maximum absolute atomic E-state index is 15.4. The lowest BCUT2D eigenvalue weighted by Crippen LogP contribution is -2.14. The number of aromatic nitrogens is 3. The second-order valence-corrected chi connectivity index (χ2v) is 8.73. The Morgan fingerprint density at radius 3 is 2.79 bits per heavy atom. The first-order chi connectivity index (χ1) is 18.5. The molecule has 2 aromatic carbocycles. The van der Waals surface area contributed by atoms with Gasteiger partial charge >= 0.3 is 5.97 Å². The number of nitrogen functional groups attached to an aromatic ring is 1. The summed E-state index contributed by atoms with van der Waals surface area (Å²) >= 11 is 0. The molecule has 6 aromatic rings. The van der Waals surface area contributed by atoms with Gasteiger partial charge in [0.2, 0.25) is 5.88 Å². The van der Waals surface area contributed by atoms with Crippen molar-refractivity contribution in [3.8, 4) is 17.0 Å². The third kappa shape index (κ3) is 3.62. The smallest absolute Gasteiger partial charge is 0.355 e. The van der Waals surface area contributed by atoms with Crippen LogP contribution in [0.25, 0.3) is 43.9 Å². The fourth-order valence-electron chi connectivity index (χ4n) is 5.06. The first-order valence-corrected chi connectivity index (χ1v) is 12.0. The van der Waals surface area contributed by atoms with Gasteiger partial charge in [0.1, 0.15) is 22.9 Å². The van der Waals surface area contributed by atoms with Gasteiger partial charge in [0.05, 0.1) is 41.8 Å². The number of methoxy groups -OCH3 is 1. The molecule has 0 saturated carbocycles. The number of anilines is 1. The quantitative estimate of drug-likeness (QED) is 0.276. The van der Waals surface area contributed by atoms with Crippen molar-refractivity contribution in [1.82, 2.24) is 14.5 Å². The first kappa shape index (κ1) is 23.5. The van der Waals surface area contributed by atoms with Crippen LogP contribution in [0.3, 0.4) is 0 Å². The van der Waals surface area contributed by atoms with Crippen molar-refractivity contribution in [3.63, 3.8) is 0 Å². The molecule has 0 atom stereocenters. The monoisotopic (exact) mass is 510 g/mol. The Morgan fingerprint density at radius 1 is 1.13 bits per heavy atom. The molecule has 0 saturated heterocycles. The van der Waals surface area contributed by atoms with Gasteiger partial charge in [-0.25, -0.2) is 19.2 Å². The number of nitrogens with zero attached hydrogens (tertiary/aromatic N) is 3. The summed E-state index contributed by atoms with van der Waals surface area (Å²) in [7, 11) is 1.50. The van der Waals surface area contributed by atoms with Gasteiger partial charge in [0.15, 0.2) is 0 Å². The Morgan fingerprint density at radius 2 is 1.97 bits per heavy atom. The zero-order chi connectivity index (χ0) is 26.4. The molecule has 0 aliphatic carbocycles. The predicted octanol–water partition coefficient (Wildman–Crippen LogP) is 5.95. The summed E-state index contributed by atoms with van der Waals surface area (Å²) in [5, 5.41) is 1.71. The molecular formula is C29H23FN4O4. The van der Waals surface area contributed by atoms with Crippen molar-refractivity contribution in [2.75, 3.05) is 19.5 Å². The number of rotatable bonds is 6. The van der Waals surface area contributed by atoms with Crippen molar-refractivity contribution in [3.05, 3.63) is 84.1 Å². The van der Waals surface area contributed by atoms with Gasteiger partial charge in [-0.05, 0) is 48.9 Å². The van der Waals surface area contributed by atoms with E-state index in [-0.39, 0.29) is 18.8 Å². The third-order valence-corrected chi connectivity index (χ3v) is 6.57. The number of halogens is 1. The topological polar surface area (TPSA) is 105 Å². The van der Waals surface area contributed by atoms with Crippen molar-refractivity contribution in [2.24, 2.45) is 0 Å². The molecule has 0 amide bonds. The number of furan rings is 1. The van der Waals surface area contributed by atoms with Crippen LogP contribution in [-0.2, 0) is 11.3 Å². The minimum absolute atomic E-state index is 0.152. The molecule has 8 nitrogen and oxygen atoms in total. The van der Waals surface area contributed by atoms with E-state index in [9.17, 15) is 4.79 Å². The van der Waals surface area contributed by atoms with Crippen LogP contribution in [0.5, 0.6) is 5.88 Å². The summed E-state index contributed by atoms with van der Waals surface area (Å²) in [6.45, 7) is 2.07. The lowest BCUT2D eigenvalue weighted by atomic mass is 10.0. The van der Waals surface area contributed by atoms with E-state index >= 15 is 4.39 Å². The van der Waals surface area contributed by atoms with Crippen LogP contribution < -0.4 is 10.5 Å². The van der Waals surface area contributed by atoms with E-state index in [4.69, 9.17) is 19.6 Å². The molecule has 4 heterocycles. The predicted molar refractivity (Wildman–Crippen MR) is 143 cm³/mol. The number of hydrogen-bond acceptors (Lipinski definition) is 7. The van der Waals surface area contributed by atoms with Gasteiger partial charge in [0.25, 0.3) is 0 Å². The number of carbonyl (C=O) groups is 1. The van der Waals surface area contributed by atoms with Crippen LogP contribution in [-0.4, -0.2) is 34.2 Å². The normalized spacial score (nSPS) is 11.4. The number of esters is 1. The Balaban J connectivity index is 1.76. The SMILES string of the molecule is CCOC(=O)c1c(-c2cccnc2OC)c2c3occc3c(F)cc2n1Cc1cc(N)nc2ccccc12. The van der Waals surface area contributed by atoms with Crippen LogP contribution in [0.15, 0.2) is 71.5 Å². The number of hydrogen-bond donors (Lipinski definition) is 1. The molecule has 0 aliphatic rings. The minimum Gasteiger partial charge on any atom is -0.481 e. The highest BCUT2D eigenvalue weighted by Gasteiger charge is 2.30. The summed E-state index contributed by atoms with van der Waals surface area (Å²) in [4.78, 5) is 22.4. The number of ether oxygens (including phenoxy) is 2. The molecular weight excluding hydrogens is 487 g/mol. The Kier molecular flexibility index (Phi) is 5.68. The zero-order valence-electron chi connectivity index (χ0n) is 20.7. The third-order valence-electron chi connectivity index (χ3n) is 6.57. The van der Waals surface area contributed by atoms with Crippen molar-refractivity contribution in [1.29, 1.82) is 0 Å². The molecule has 0 unspecified atom stereocenters. The Hall–Kier alpha value is -4.92. The van der Waals surface area contributed by atoms with Gasteiger partial charge in [-0.2, -0.15) is 0 Å². The van der Waals surface area contributed by atoms with Gasteiger partial charge in [0, 0.05) is 29.3 Å². The Bertz CT molecular complexity index is 1860. The minimum atomic E-state index is -0.573. The highest BCUT2D eigenvalue weighted by molar-refractivity contribution is 6.18. The average Bonchev–Trinajstić information content (AvgIpc) is 3.52. The van der Waals surface area contributed by atoms with E-state index in [0.29, 0.717) is 50.2 Å². The fourth-order valence-corrected chi connectivity index (χ4v) is 5.06. The maximum atomic E-state index is 15.4. The highest BCUT2D eigenvalue weighted by atomic mass is 19.1. The molecule has 190 valence electrons. The van der Waals surface area contributed by atoms with Crippen LogP contribution >= 0.6 is 0 Å². The number of pyridine rings is 2. The van der Waals surface area contributed by atoms with E-state index in [0.717, 1.165) is 10.9 Å². The van der Waals surface area contributed by atoms with Crippen LogP contribution in [0.2, 0.25) is 0 Å². The van der Waals surface area contributed by atoms with Gasteiger partial charge in [-0.15, -0.1) is 0 Å². The summed E-state index contributed by atoms with van der Waals surface area (Å²) in [5.41, 5.74) is 9.67. The zero-order valence-corrected chi connectivity index (χ0v) is 20.7. The molecule has 0 aliphatic heterocycles. The van der Waals surface area contributed by atoms with Gasteiger partial charge in [-0.3, -0.25) is 0 Å². The van der Waals surface area contributed by atoms with Gasteiger partial charge in [-0.1, -0.05) is 18.2 Å². The number of fused-ring (bicyclic) bond motifs is 4. The van der Waals surface area contributed by atoms with Crippen LogP contribution in [0.4, 0.5) is 10.2 Å². The summed E-state index contributed by atoms with van der Waals surface area (Å²) in [5.74, 6) is -0.406. The molecule has 0 bridgehead atoms. The summed E-state index contributed by atoms with van der Waals surface area (Å²) in [6.07, 6.45) is 3.02. The van der Waals surface area contributed by atoms with E-state index in [1.54, 1.807) is 42.0 Å². The number of para-hydroxylation sites is 1. The molecule has 0 fully saturated rings. The van der Waals surface area contributed by atoms with E-state index in [1.807, 2.05) is 24.3 Å². The average molecular weight is 511 g/mol. The Labute approximate surface area is 216 Å². The molecule has 0 spiro atoms. The molecule has 6 rings (SSSR count). The van der Waals surface area contributed by atoms with Crippen molar-refractivity contribution >= 4 is 44.6 Å². The summed E-state index contributed by atoms with van der Waals surface area (Å²) < 4.78 is 34.0. The lowest BCUT2D eigenvalue weighted by molar-refractivity contribution is 0.0516. The van der Waals surface area contributed by atoms with Crippen LogP contribution in [0.1, 0.15) is 23.0 Å². The molecule has 4 aromatic heterocycles. The second kappa shape index (κ2) is 9.19. The van der Waals surface area contributed by atoms with Gasteiger partial charge < -0.3 is 24.2 Å². The van der Waals surface area contributed by atoms with Crippen molar-refractivity contribution in [2.45, 2.75) is 13.5 Å². The van der Waals surface area contributed by atoms with Crippen LogP contribution in [0, 0.1) is 5.82 Å². The number of benzene rings is 2. The molecule has 38 heavy (non-hydrogen) atoms. The largest absolute Gasteiger partial charge is 0.481 e. The summed E-state index contributed by atoms with van der Waals surface area (Å²) in [6, 6.07) is 15.9. The number of carbonyl (C=O) groups excluding carboxylic acids is 1. The molecule has 2 N–H and O–H groups in total. The highest BCUT2D eigenvalue weighted by Crippen LogP contribution is 2.44. The van der Waals surface area contributed by atoms with E-state index in [1.165, 1.54) is 19.4 Å².